The van der Waals surface area contributed by atoms with Crippen molar-refractivity contribution in [2.45, 2.75) is 6.42 Å². The highest BCUT2D eigenvalue weighted by Crippen LogP contribution is 2.12. The maximum absolute atomic E-state index is 12.9. The third kappa shape index (κ3) is 3.04. The summed E-state index contributed by atoms with van der Waals surface area (Å²) < 4.78 is 54.6. The van der Waals surface area contributed by atoms with Crippen LogP contribution in [0.25, 0.3) is 0 Å². The molecule has 0 spiro atoms. The second kappa shape index (κ2) is 4.02. The zero-order valence-corrected chi connectivity index (χ0v) is 7.89. The monoisotopic (exact) mass is 222 g/mol. The first-order valence-corrected chi connectivity index (χ1v) is 5.39. The van der Waals surface area contributed by atoms with Gasteiger partial charge in [0.1, 0.15) is 0 Å². The highest BCUT2D eigenvalue weighted by molar-refractivity contribution is 7.85. The third-order valence-corrected chi connectivity index (χ3v) is 2.38. The summed E-state index contributed by atoms with van der Waals surface area (Å²) >= 11 is 0. The maximum Gasteiger partial charge on any atom is 0.265 e. The van der Waals surface area contributed by atoms with Crippen LogP contribution in [0.4, 0.5) is 8.78 Å². The number of aryl methyl sites for hydroxylation is 1. The SMILES string of the molecule is O=S(=O)(O)CCc1cccc(F)c1F. The second-order valence-electron chi connectivity index (χ2n) is 2.75. The maximum atomic E-state index is 12.9. The highest BCUT2D eigenvalue weighted by Gasteiger charge is 2.11. The van der Waals surface area contributed by atoms with Gasteiger partial charge in [-0.1, -0.05) is 12.1 Å². The molecule has 6 heteroatoms. The Labute approximate surface area is 80.1 Å². The van der Waals surface area contributed by atoms with Crippen LogP contribution >= 0.6 is 0 Å². The molecule has 0 aliphatic carbocycles. The fraction of sp³-hybridized carbons (Fsp3) is 0.250. The quantitative estimate of drug-likeness (QED) is 0.786. The van der Waals surface area contributed by atoms with Crippen LogP contribution in [0.3, 0.4) is 0 Å². The van der Waals surface area contributed by atoms with E-state index in [4.69, 9.17) is 4.55 Å². The van der Waals surface area contributed by atoms with Crippen LogP contribution in [-0.4, -0.2) is 18.7 Å². The molecule has 0 aliphatic rings. The van der Waals surface area contributed by atoms with E-state index >= 15 is 0 Å². The first-order chi connectivity index (χ1) is 6.40. The molecule has 1 aromatic rings. The van der Waals surface area contributed by atoms with Crippen molar-refractivity contribution >= 4 is 10.1 Å². The van der Waals surface area contributed by atoms with Gasteiger partial charge >= 0.3 is 0 Å². The fourth-order valence-electron chi connectivity index (χ4n) is 0.980. The number of rotatable bonds is 3. The van der Waals surface area contributed by atoms with Crippen molar-refractivity contribution in [3.8, 4) is 0 Å². The first-order valence-electron chi connectivity index (χ1n) is 3.78. The highest BCUT2D eigenvalue weighted by atomic mass is 32.2. The van der Waals surface area contributed by atoms with Gasteiger partial charge in [0.2, 0.25) is 0 Å². The second-order valence-corrected chi connectivity index (χ2v) is 4.32. The third-order valence-electron chi connectivity index (χ3n) is 1.66. The van der Waals surface area contributed by atoms with E-state index in [1.54, 1.807) is 0 Å². The zero-order chi connectivity index (χ0) is 10.8. The summed E-state index contributed by atoms with van der Waals surface area (Å²) in [5, 5.41) is 0. The summed E-state index contributed by atoms with van der Waals surface area (Å²) in [6, 6.07) is 3.48. The summed E-state index contributed by atoms with van der Waals surface area (Å²) in [7, 11) is -4.14. The number of halogens is 2. The Morgan fingerprint density at radius 1 is 1.29 bits per heavy atom. The number of benzene rings is 1. The summed E-state index contributed by atoms with van der Waals surface area (Å²) in [6.45, 7) is 0. The Morgan fingerprint density at radius 2 is 1.93 bits per heavy atom. The van der Waals surface area contributed by atoms with Crippen LogP contribution in [0.2, 0.25) is 0 Å². The van der Waals surface area contributed by atoms with Gasteiger partial charge in [-0.15, -0.1) is 0 Å². The largest absolute Gasteiger partial charge is 0.286 e. The molecule has 0 aromatic heterocycles. The topological polar surface area (TPSA) is 54.4 Å². The Kier molecular flexibility index (Phi) is 3.17. The lowest BCUT2D eigenvalue weighted by atomic mass is 10.1. The van der Waals surface area contributed by atoms with Crippen LogP contribution in [0.5, 0.6) is 0 Å². The van der Waals surface area contributed by atoms with Crippen molar-refractivity contribution in [1.82, 2.24) is 0 Å². The lowest BCUT2D eigenvalue weighted by Gasteiger charge is -2.01. The molecule has 3 nitrogen and oxygen atoms in total. The van der Waals surface area contributed by atoms with Crippen LogP contribution in [-0.2, 0) is 16.5 Å². The minimum atomic E-state index is -4.14. The summed E-state index contributed by atoms with van der Waals surface area (Å²) in [4.78, 5) is 0. The molecule has 1 aromatic carbocycles. The molecule has 14 heavy (non-hydrogen) atoms. The van der Waals surface area contributed by atoms with Gasteiger partial charge < -0.3 is 0 Å². The Morgan fingerprint density at radius 3 is 2.50 bits per heavy atom. The van der Waals surface area contributed by atoms with E-state index < -0.39 is 27.5 Å². The van der Waals surface area contributed by atoms with Gasteiger partial charge in [-0.3, -0.25) is 4.55 Å². The van der Waals surface area contributed by atoms with Crippen LogP contribution in [0.15, 0.2) is 18.2 Å². The molecule has 0 aliphatic heterocycles. The van der Waals surface area contributed by atoms with Crippen molar-refractivity contribution in [1.29, 1.82) is 0 Å². The van der Waals surface area contributed by atoms with Gasteiger partial charge in [-0.25, -0.2) is 8.78 Å². The summed E-state index contributed by atoms with van der Waals surface area (Å²) in [6.07, 6.45) is -0.248. The number of hydrogen-bond donors (Lipinski definition) is 1. The van der Waals surface area contributed by atoms with E-state index in [0.29, 0.717) is 0 Å². The van der Waals surface area contributed by atoms with Gasteiger partial charge in [-0.05, 0) is 18.1 Å². The molecular formula is C8H8F2O3S. The van der Waals surface area contributed by atoms with Crippen molar-refractivity contribution in [3.63, 3.8) is 0 Å². The predicted molar refractivity (Wildman–Crippen MR) is 46.5 cm³/mol. The van der Waals surface area contributed by atoms with Crippen molar-refractivity contribution in [3.05, 3.63) is 35.4 Å². The van der Waals surface area contributed by atoms with Crippen LogP contribution in [0.1, 0.15) is 5.56 Å². The first kappa shape index (κ1) is 11.1. The zero-order valence-electron chi connectivity index (χ0n) is 7.07. The van der Waals surface area contributed by atoms with E-state index in [9.17, 15) is 17.2 Å². The molecule has 0 bridgehead atoms. The Hall–Kier alpha value is -1.01. The van der Waals surface area contributed by atoms with E-state index in [0.717, 1.165) is 6.07 Å². The predicted octanol–water partition coefficient (Wildman–Crippen LogP) is 1.40. The van der Waals surface area contributed by atoms with E-state index in [1.807, 2.05) is 0 Å². The van der Waals surface area contributed by atoms with E-state index in [-0.39, 0.29) is 12.0 Å². The minimum absolute atomic E-state index is 0.0670. The van der Waals surface area contributed by atoms with Gasteiger partial charge in [0.25, 0.3) is 10.1 Å². The minimum Gasteiger partial charge on any atom is -0.286 e. The standard InChI is InChI=1S/C8H8F2O3S/c9-7-3-1-2-6(8(7)10)4-5-14(11,12)13/h1-3H,4-5H2,(H,11,12,13). The van der Waals surface area contributed by atoms with Gasteiger partial charge in [0.05, 0.1) is 5.75 Å². The van der Waals surface area contributed by atoms with Gasteiger partial charge in [-0.2, -0.15) is 8.42 Å². The molecule has 0 unspecified atom stereocenters. The lowest BCUT2D eigenvalue weighted by molar-refractivity contribution is 0.479. The Balaban J connectivity index is 2.83. The molecule has 1 N–H and O–H groups in total. The molecule has 0 radical (unpaired) electrons. The Bertz CT molecular complexity index is 428. The lowest BCUT2D eigenvalue weighted by Crippen LogP contribution is -2.08. The van der Waals surface area contributed by atoms with Crippen molar-refractivity contribution in [2.24, 2.45) is 0 Å². The molecular weight excluding hydrogens is 214 g/mol. The molecule has 0 heterocycles. The molecule has 1 rings (SSSR count). The molecule has 0 saturated heterocycles. The normalized spacial score (nSPS) is 11.6. The van der Waals surface area contributed by atoms with Crippen LogP contribution < -0.4 is 0 Å². The molecule has 0 atom stereocenters. The van der Waals surface area contributed by atoms with E-state index in [1.165, 1.54) is 12.1 Å². The molecule has 0 fully saturated rings. The van der Waals surface area contributed by atoms with Crippen LogP contribution in [0, 0.1) is 11.6 Å². The average molecular weight is 222 g/mol. The summed E-state index contributed by atoms with van der Waals surface area (Å²) in [5.74, 6) is -2.72. The fourth-order valence-corrected chi connectivity index (χ4v) is 1.46. The van der Waals surface area contributed by atoms with E-state index in [2.05, 4.69) is 0 Å². The van der Waals surface area contributed by atoms with Crippen molar-refractivity contribution in [2.75, 3.05) is 5.75 Å². The molecule has 0 amide bonds. The molecule has 78 valence electrons. The van der Waals surface area contributed by atoms with Gasteiger partial charge in [0.15, 0.2) is 11.6 Å². The average Bonchev–Trinajstić information content (AvgIpc) is 2.06. The number of hydrogen-bond acceptors (Lipinski definition) is 2. The smallest absolute Gasteiger partial charge is 0.265 e. The van der Waals surface area contributed by atoms with Gasteiger partial charge in [0, 0.05) is 0 Å². The van der Waals surface area contributed by atoms with Crippen molar-refractivity contribution < 1.29 is 21.8 Å². The summed E-state index contributed by atoms with van der Waals surface area (Å²) in [5.41, 5.74) is -0.0670. The molecule has 0 saturated carbocycles.